The maximum atomic E-state index is 12.8. The van der Waals surface area contributed by atoms with Crippen molar-refractivity contribution in [3.8, 4) is 5.69 Å². The van der Waals surface area contributed by atoms with Gasteiger partial charge in [0, 0.05) is 11.9 Å². The first-order valence-electron chi connectivity index (χ1n) is 7.04. The van der Waals surface area contributed by atoms with E-state index < -0.39 is 0 Å². The average molecular weight is 325 g/mol. The molecule has 0 aliphatic rings. The molecule has 3 aromatic rings. The smallest absolute Gasteiger partial charge is 0.282 e. The van der Waals surface area contributed by atoms with E-state index in [4.69, 9.17) is 0 Å². The van der Waals surface area contributed by atoms with Crippen molar-refractivity contribution in [2.45, 2.75) is 11.9 Å². The van der Waals surface area contributed by atoms with Gasteiger partial charge in [-0.1, -0.05) is 18.2 Å². The summed E-state index contributed by atoms with van der Waals surface area (Å²) in [7, 11) is 0. The van der Waals surface area contributed by atoms with Gasteiger partial charge in [0.2, 0.25) is 5.78 Å². The lowest BCUT2D eigenvalue weighted by atomic mass is 10.1. The van der Waals surface area contributed by atoms with E-state index in [9.17, 15) is 9.59 Å². The highest BCUT2D eigenvalue weighted by Crippen LogP contribution is 2.20. The van der Waals surface area contributed by atoms with Crippen LogP contribution in [-0.2, 0) is 0 Å². The molecule has 0 aliphatic heterocycles. The van der Waals surface area contributed by atoms with Gasteiger partial charge >= 0.3 is 0 Å². The number of carbonyl (C=O) groups excluding carboxylic acids is 1. The van der Waals surface area contributed by atoms with Crippen molar-refractivity contribution >= 4 is 17.5 Å². The third-order valence-corrected chi connectivity index (χ3v) is 4.23. The Kier molecular flexibility index (Phi) is 4.16. The molecule has 0 spiro atoms. The first kappa shape index (κ1) is 15.3. The number of aromatic nitrogens is 3. The predicted octanol–water partition coefficient (Wildman–Crippen LogP) is 2.82. The molecule has 0 atom stereocenters. The van der Waals surface area contributed by atoms with E-state index in [-0.39, 0.29) is 16.9 Å². The summed E-state index contributed by atoms with van der Waals surface area (Å²) in [5.41, 5.74) is 1.47. The van der Waals surface area contributed by atoms with E-state index >= 15 is 0 Å². The molecule has 5 nitrogen and oxygen atoms in total. The van der Waals surface area contributed by atoms with E-state index in [2.05, 4.69) is 10.1 Å². The van der Waals surface area contributed by atoms with Crippen molar-refractivity contribution in [1.29, 1.82) is 0 Å². The largest absolute Gasteiger partial charge is 0.295 e. The van der Waals surface area contributed by atoms with E-state index in [1.807, 2.05) is 36.6 Å². The normalized spacial score (nSPS) is 10.7. The quantitative estimate of drug-likeness (QED) is 0.591. The number of aromatic amines is 1. The van der Waals surface area contributed by atoms with Crippen molar-refractivity contribution in [2.75, 3.05) is 6.26 Å². The van der Waals surface area contributed by atoms with Crippen LogP contribution in [0.4, 0.5) is 0 Å². The molecule has 0 unspecified atom stereocenters. The highest BCUT2D eigenvalue weighted by Gasteiger charge is 2.23. The molecule has 0 bridgehead atoms. The third kappa shape index (κ3) is 2.73. The van der Waals surface area contributed by atoms with Crippen molar-refractivity contribution in [3.05, 3.63) is 75.8 Å². The third-order valence-electron chi connectivity index (χ3n) is 3.52. The van der Waals surface area contributed by atoms with Crippen LogP contribution in [0.5, 0.6) is 0 Å². The van der Waals surface area contributed by atoms with Gasteiger partial charge in [-0.15, -0.1) is 11.8 Å². The second kappa shape index (κ2) is 6.26. The number of hydrogen-bond acceptors (Lipinski definition) is 4. The van der Waals surface area contributed by atoms with Crippen molar-refractivity contribution < 1.29 is 4.79 Å². The molecule has 0 fully saturated rings. The summed E-state index contributed by atoms with van der Waals surface area (Å²) in [6, 6.07) is 12.6. The number of nitrogens with one attached hydrogen (secondary N) is 1. The highest BCUT2D eigenvalue weighted by molar-refractivity contribution is 7.98. The Morgan fingerprint density at radius 3 is 2.61 bits per heavy atom. The fourth-order valence-electron chi connectivity index (χ4n) is 2.43. The Morgan fingerprint density at radius 2 is 1.91 bits per heavy atom. The lowest BCUT2D eigenvalue weighted by molar-refractivity contribution is 0.103. The SMILES string of the molecule is CSc1ncccc1C(=O)c1c(C)[nH]n(-c2ccccc2)c1=O. The number of rotatable bonds is 4. The van der Waals surface area contributed by atoms with Gasteiger partial charge in [0.1, 0.15) is 10.6 Å². The molecule has 0 radical (unpaired) electrons. The number of carbonyl (C=O) groups is 1. The number of thioether (sulfide) groups is 1. The second-order valence-corrected chi connectivity index (χ2v) is 5.77. The number of para-hydroxylation sites is 1. The molecular formula is C17H15N3O2S. The summed E-state index contributed by atoms with van der Waals surface area (Å²) in [4.78, 5) is 29.7. The molecule has 2 heterocycles. The van der Waals surface area contributed by atoms with Gasteiger partial charge in [-0.3, -0.25) is 14.7 Å². The van der Waals surface area contributed by atoms with Crippen molar-refractivity contribution in [2.24, 2.45) is 0 Å². The van der Waals surface area contributed by atoms with Crippen molar-refractivity contribution in [1.82, 2.24) is 14.8 Å². The molecule has 3 rings (SSSR count). The molecule has 1 aromatic carbocycles. The van der Waals surface area contributed by atoms with Crippen LogP contribution in [0.1, 0.15) is 21.6 Å². The zero-order valence-corrected chi connectivity index (χ0v) is 13.6. The topological polar surface area (TPSA) is 67.8 Å². The molecule has 6 heteroatoms. The lowest BCUT2D eigenvalue weighted by Crippen LogP contribution is -2.21. The van der Waals surface area contributed by atoms with Crippen LogP contribution in [0.25, 0.3) is 5.69 Å². The van der Waals surface area contributed by atoms with E-state index in [0.29, 0.717) is 22.0 Å². The van der Waals surface area contributed by atoms with E-state index in [1.165, 1.54) is 16.4 Å². The fourth-order valence-corrected chi connectivity index (χ4v) is 2.98. The number of H-pyrrole nitrogens is 1. The second-order valence-electron chi connectivity index (χ2n) is 4.98. The molecule has 23 heavy (non-hydrogen) atoms. The number of ketones is 1. The zero-order valence-electron chi connectivity index (χ0n) is 12.7. The highest BCUT2D eigenvalue weighted by atomic mass is 32.2. The Morgan fingerprint density at radius 1 is 1.17 bits per heavy atom. The summed E-state index contributed by atoms with van der Waals surface area (Å²) in [5.74, 6) is -0.309. The van der Waals surface area contributed by atoms with Crippen LogP contribution in [0.3, 0.4) is 0 Å². The average Bonchev–Trinajstić information content (AvgIpc) is 2.89. The number of aryl methyl sites for hydroxylation is 1. The Labute approximate surface area is 137 Å². The molecule has 0 aliphatic carbocycles. The fraction of sp³-hybridized carbons (Fsp3) is 0.118. The van der Waals surface area contributed by atoms with Crippen LogP contribution < -0.4 is 5.56 Å². The number of nitrogens with zero attached hydrogens (tertiary/aromatic N) is 2. The van der Waals surface area contributed by atoms with Gasteiger partial charge in [-0.05, 0) is 37.4 Å². The van der Waals surface area contributed by atoms with Gasteiger partial charge < -0.3 is 0 Å². The van der Waals surface area contributed by atoms with Crippen LogP contribution in [0, 0.1) is 6.92 Å². The molecule has 0 amide bonds. The summed E-state index contributed by atoms with van der Waals surface area (Å²) < 4.78 is 1.39. The molecular weight excluding hydrogens is 310 g/mol. The Balaban J connectivity index is 2.13. The molecule has 2 aromatic heterocycles. The van der Waals surface area contributed by atoms with Gasteiger partial charge in [-0.25, -0.2) is 9.67 Å². The number of pyridine rings is 1. The van der Waals surface area contributed by atoms with Gasteiger partial charge in [-0.2, -0.15) is 0 Å². The standard InChI is InChI=1S/C17H15N3O2S/c1-11-14(15(21)13-9-6-10-18-16(13)23-2)17(22)20(19-11)12-7-4-3-5-8-12/h3-10,19H,1-2H3. The Hall–Kier alpha value is -2.60. The summed E-state index contributed by atoms with van der Waals surface area (Å²) >= 11 is 1.38. The predicted molar refractivity (Wildman–Crippen MR) is 90.6 cm³/mol. The summed E-state index contributed by atoms with van der Waals surface area (Å²) in [6.45, 7) is 1.73. The number of benzene rings is 1. The van der Waals surface area contributed by atoms with Gasteiger partial charge in [0.25, 0.3) is 5.56 Å². The molecule has 116 valence electrons. The minimum Gasteiger partial charge on any atom is -0.295 e. The Bertz CT molecular complexity index is 913. The maximum Gasteiger partial charge on any atom is 0.282 e. The lowest BCUT2D eigenvalue weighted by Gasteiger charge is -2.03. The van der Waals surface area contributed by atoms with Crippen LogP contribution in [0.15, 0.2) is 58.5 Å². The minimum absolute atomic E-state index is 0.150. The van der Waals surface area contributed by atoms with Gasteiger partial charge in [0.15, 0.2) is 0 Å². The van der Waals surface area contributed by atoms with E-state index in [0.717, 1.165) is 0 Å². The molecule has 0 saturated carbocycles. The zero-order chi connectivity index (χ0) is 16.4. The number of hydrogen-bond donors (Lipinski definition) is 1. The van der Waals surface area contributed by atoms with Crippen LogP contribution in [-0.4, -0.2) is 26.8 Å². The van der Waals surface area contributed by atoms with Crippen LogP contribution >= 0.6 is 11.8 Å². The maximum absolute atomic E-state index is 12.8. The van der Waals surface area contributed by atoms with Gasteiger partial charge in [0.05, 0.1) is 11.3 Å². The van der Waals surface area contributed by atoms with Crippen LogP contribution in [0.2, 0.25) is 0 Å². The molecule has 0 saturated heterocycles. The summed E-state index contributed by atoms with van der Waals surface area (Å²) in [6.07, 6.45) is 3.49. The minimum atomic E-state index is -0.352. The van der Waals surface area contributed by atoms with Crippen molar-refractivity contribution in [3.63, 3.8) is 0 Å². The monoisotopic (exact) mass is 325 g/mol. The van der Waals surface area contributed by atoms with E-state index in [1.54, 1.807) is 25.3 Å². The molecule has 1 N–H and O–H groups in total. The first-order chi connectivity index (χ1) is 11.1. The first-order valence-corrected chi connectivity index (χ1v) is 8.26. The summed E-state index contributed by atoms with van der Waals surface area (Å²) in [5, 5.41) is 3.59.